The van der Waals surface area contributed by atoms with Gasteiger partial charge in [0.05, 0.1) is 5.02 Å². The Morgan fingerprint density at radius 3 is 2.30 bits per heavy atom. The molecule has 0 saturated carbocycles. The third-order valence-electron chi connectivity index (χ3n) is 3.58. The molecule has 0 unspecified atom stereocenters. The van der Waals surface area contributed by atoms with Gasteiger partial charge in [-0.25, -0.2) is 18.4 Å². The maximum absolute atomic E-state index is 12.7. The molecular weight excluding hydrogens is 359 g/mol. The molecule has 1 fully saturated rings. The van der Waals surface area contributed by atoms with Crippen molar-refractivity contribution in [1.29, 1.82) is 0 Å². The van der Waals surface area contributed by atoms with E-state index in [0.29, 0.717) is 37.1 Å². The Morgan fingerprint density at radius 2 is 1.65 bits per heavy atom. The first-order valence-electron chi connectivity index (χ1n) is 6.95. The Morgan fingerprint density at radius 1 is 1.00 bits per heavy atom. The molecule has 2 aromatic rings. The summed E-state index contributed by atoms with van der Waals surface area (Å²) in [5.74, 6) is 0.602. The molecule has 122 valence electrons. The van der Waals surface area contributed by atoms with Gasteiger partial charge in [-0.15, -0.1) is 0 Å². The molecule has 9 heteroatoms. The van der Waals surface area contributed by atoms with E-state index in [0.717, 1.165) is 0 Å². The lowest BCUT2D eigenvalue weighted by molar-refractivity contribution is 0.382. The van der Waals surface area contributed by atoms with E-state index >= 15 is 0 Å². The maximum Gasteiger partial charge on any atom is 0.244 e. The van der Waals surface area contributed by atoms with Gasteiger partial charge in [-0.05, 0) is 24.3 Å². The number of benzene rings is 1. The Kier molecular flexibility index (Phi) is 4.72. The molecule has 0 bridgehead atoms. The first kappa shape index (κ1) is 16.4. The number of anilines is 1. The van der Waals surface area contributed by atoms with Crippen molar-refractivity contribution < 1.29 is 8.42 Å². The summed E-state index contributed by atoms with van der Waals surface area (Å²) in [6, 6.07) is 6.18. The van der Waals surface area contributed by atoms with Crippen LogP contribution in [0.2, 0.25) is 10.0 Å². The van der Waals surface area contributed by atoms with Crippen LogP contribution in [0, 0.1) is 0 Å². The van der Waals surface area contributed by atoms with E-state index in [1.54, 1.807) is 24.5 Å². The minimum atomic E-state index is -3.67. The van der Waals surface area contributed by atoms with Crippen LogP contribution in [-0.4, -0.2) is 48.9 Å². The molecule has 23 heavy (non-hydrogen) atoms. The Hall–Kier alpha value is -1.41. The number of sulfonamides is 1. The van der Waals surface area contributed by atoms with Gasteiger partial charge >= 0.3 is 0 Å². The van der Waals surface area contributed by atoms with Crippen molar-refractivity contribution in [3.8, 4) is 0 Å². The first-order valence-corrected chi connectivity index (χ1v) is 9.15. The molecule has 0 spiro atoms. The summed E-state index contributed by atoms with van der Waals surface area (Å²) in [5, 5.41) is 0.507. The number of aromatic nitrogens is 2. The van der Waals surface area contributed by atoms with E-state index in [1.807, 2.05) is 4.90 Å². The summed E-state index contributed by atoms with van der Waals surface area (Å²) in [4.78, 5) is 10.4. The molecule has 1 aromatic heterocycles. The van der Waals surface area contributed by atoms with Crippen LogP contribution in [0.4, 0.5) is 5.95 Å². The van der Waals surface area contributed by atoms with Gasteiger partial charge in [0.2, 0.25) is 16.0 Å². The highest BCUT2D eigenvalue weighted by Gasteiger charge is 2.30. The topological polar surface area (TPSA) is 66.4 Å². The zero-order chi connectivity index (χ0) is 16.4. The summed E-state index contributed by atoms with van der Waals surface area (Å²) in [5.41, 5.74) is 0. The second kappa shape index (κ2) is 6.60. The van der Waals surface area contributed by atoms with Crippen molar-refractivity contribution >= 4 is 39.2 Å². The van der Waals surface area contributed by atoms with Crippen LogP contribution in [0.3, 0.4) is 0 Å². The highest BCUT2D eigenvalue weighted by atomic mass is 35.5. The largest absolute Gasteiger partial charge is 0.338 e. The van der Waals surface area contributed by atoms with Gasteiger partial charge in [0.15, 0.2) is 0 Å². The second-order valence-electron chi connectivity index (χ2n) is 5.01. The predicted molar refractivity (Wildman–Crippen MR) is 89.5 cm³/mol. The molecular formula is C14H14Cl2N4O2S. The van der Waals surface area contributed by atoms with Crippen molar-refractivity contribution in [3.63, 3.8) is 0 Å². The minimum absolute atomic E-state index is 0.0380. The third-order valence-corrected chi connectivity index (χ3v) is 6.20. The van der Waals surface area contributed by atoms with Crippen LogP contribution in [0.5, 0.6) is 0 Å². The molecule has 6 nitrogen and oxygen atoms in total. The third kappa shape index (κ3) is 3.42. The predicted octanol–water partition coefficient (Wildman–Crippen LogP) is 2.29. The molecule has 0 amide bonds. The van der Waals surface area contributed by atoms with Gasteiger partial charge in [-0.2, -0.15) is 4.31 Å². The maximum atomic E-state index is 12.7. The van der Waals surface area contributed by atoms with Crippen LogP contribution < -0.4 is 4.90 Å². The highest BCUT2D eigenvalue weighted by molar-refractivity contribution is 7.89. The normalized spacial score (nSPS) is 16.5. The average molecular weight is 373 g/mol. The molecule has 0 aliphatic carbocycles. The lowest BCUT2D eigenvalue weighted by Gasteiger charge is -2.34. The number of halogens is 2. The molecule has 0 N–H and O–H groups in total. The van der Waals surface area contributed by atoms with Crippen LogP contribution >= 0.6 is 23.2 Å². The Bertz CT molecular complexity index is 794. The lowest BCUT2D eigenvalue weighted by Crippen LogP contribution is -2.49. The quantitative estimate of drug-likeness (QED) is 0.826. The van der Waals surface area contributed by atoms with Gasteiger partial charge in [0.25, 0.3) is 0 Å². The van der Waals surface area contributed by atoms with Crippen molar-refractivity contribution in [2.24, 2.45) is 0 Å². The van der Waals surface area contributed by atoms with Crippen LogP contribution in [0.25, 0.3) is 0 Å². The SMILES string of the molecule is O=S(=O)(c1cc(Cl)ccc1Cl)N1CCN(c2ncccn2)CC1. The molecule has 0 atom stereocenters. The summed E-state index contributed by atoms with van der Waals surface area (Å²) < 4.78 is 26.9. The van der Waals surface area contributed by atoms with Gasteiger partial charge < -0.3 is 4.90 Å². The van der Waals surface area contributed by atoms with Gasteiger partial charge in [0, 0.05) is 43.6 Å². The van der Waals surface area contributed by atoms with E-state index in [4.69, 9.17) is 23.2 Å². The fraction of sp³-hybridized carbons (Fsp3) is 0.286. The molecule has 2 heterocycles. The van der Waals surface area contributed by atoms with E-state index in [-0.39, 0.29) is 9.92 Å². The van der Waals surface area contributed by atoms with E-state index in [2.05, 4.69) is 9.97 Å². The second-order valence-corrected chi connectivity index (χ2v) is 7.76. The first-order chi connectivity index (χ1) is 11.0. The van der Waals surface area contributed by atoms with E-state index < -0.39 is 10.0 Å². The van der Waals surface area contributed by atoms with Gasteiger partial charge in [-0.3, -0.25) is 0 Å². The number of nitrogens with zero attached hydrogens (tertiary/aromatic N) is 4. The number of piperazine rings is 1. The molecule has 0 radical (unpaired) electrons. The van der Waals surface area contributed by atoms with Gasteiger partial charge in [-0.1, -0.05) is 23.2 Å². The Labute approximate surface area is 144 Å². The monoisotopic (exact) mass is 372 g/mol. The standard InChI is InChI=1S/C14H14Cl2N4O2S/c15-11-2-3-12(16)13(10-11)23(21,22)20-8-6-19(7-9-20)14-17-4-1-5-18-14/h1-5,10H,6-9H2. The summed E-state index contributed by atoms with van der Waals surface area (Å²) in [6.07, 6.45) is 3.33. The number of hydrogen-bond donors (Lipinski definition) is 0. The van der Waals surface area contributed by atoms with Crippen LogP contribution in [-0.2, 0) is 10.0 Å². The zero-order valence-corrected chi connectivity index (χ0v) is 14.4. The smallest absolute Gasteiger partial charge is 0.244 e. The van der Waals surface area contributed by atoms with Crippen LogP contribution in [0.15, 0.2) is 41.6 Å². The van der Waals surface area contributed by atoms with Gasteiger partial charge in [0.1, 0.15) is 4.90 Å². The molecule has 3 rings (SSSR count). The van der Waals surface area contributed by atoms with Crippen molar-refractivity contribution in [2.75, 3.05) is 31.1 Å². The number of hydrogen-bond acceptors (Lipinski definition) is 5. The Balaban J connectivity index is 1.78. The zero-order valence-electron chi connectivity index (χ0n) is 12.1. The highest BCUT2D eigenvalue weighted by Crippen LogP contribution is 2.28. The van der Waals surface area contributed by atoms with E-state index in [9.17, 15) is 8.42 Å². The van der Waals surface area contributed by atoms with Crippen LogP contribution in [0.1, 0.15) is 0 Å². The fourth-order valence-corrected chi connectivity index (χ4v) is 4.56. The summed E-state index contributed by atoms with van der Waals surface area (Å²) in [6.45, 7) is 1.70. The minimum Gasteiger partial charge on any atom is -0.338 e. The van der Waals surface area contributed by atoms with E-state index in [1.165, 1.54) is 16.4 Å². The fourth-order valence-electron chi connectivity index (χ4n) is 2.40. The molecule has 1 aliphatic rings. The lowest BCUT2D eigenvalue weighted by atomic mass is 10.4. The van der Waals surface area contributed by atoms with Crippen molar-refractivity contribution in [3.05, 3.63) is 46.7 Å². The molecule has 1 aliphatic heterocycles. The molecule has 1 saturated heterocycles. The van der Waals surface area contributed by atoms with Crippen molar-refractivity contribution in [2.45, 2.75) is 4.90 Å². The number of rotatable bonds is 3. The average Bonchev–Trinajstić information content (AvgIpc) is 2.58. The molecule has 1 aromatic carbocycles. The van der Waals surface area contributed by atoms with Crippen molar-refractivity contribution in [1.82, 2.24) is 14.3 Å². The summed E-state index contributed by atoms with van der Waals surface area (Å²) >= 11 is 11.9. The summed E-state index contributed by atoms with van der Waals surface area (Å²) in [7, 11) is -3.67.